The van der Waals surface area contributed by atoms with Crippen LogP contribution in [0, 0.1) is 19.3 Å². The minimum absolute atomic E-state index is 0.0183. The van der Waals surface area contributed by atoms with Crippen molar-refractivity contribution in [2.75, 3.05) is 18.4 Å². The highest BCUT2D eigenvalue weighted by Crippen LogP contribution is 2.34. The lowest BCUT2D eigenvalue weighted by molar-refractivity contribution is 0.0696. The van der Waals surface area contributed by atoms with Crippen LogP contribution in [0.1, 0.15) is 62.0 Å². The van der Waals surface area contributed by atoms with Crippen LogP contribution in [0.2, 0.25) is 0 Å². The van der Waals surface area contributed by atoms with Gasteiger partial charge in [-0.2, -0.15) is 4.98 Å². The van der Waals surface area contributed by atoms with Gasteiger partial charge in [0.15, 0.2) is 5.76 Å². The second-order valence-electron chi connectivity index (χ2n) is 12.3. The topological polar surface area (TPSA) is 130 Å². The fourth-order valence-corrected chi connectivity index (χ4v) is 5.86. The molecule has 1 saturated heterocycles. The fraction of sp³-hybridized carbons (Fsp3) is 0.400. The third kappa shape index (κ3) is 9.64. The van der Waals surface area contributed by atoms with E-state index in [1.54, 1.807) is 37.7 Å². The van der Waals surface area contributed by atoms with Gasteiger partial charge < -0.3 is 19.9 Å². The van der Waals surface area contributed by atoms with Crippen LogP contribution in [0.5, 0.6) is 5.88 Å². The predicted molar refractivity (Wildman–Crippen MR) is 186 cm³/mol. The molecule has 4 rings (SSSR count). The number of allylic oxidation sites excluding steroid dienone is 1. The molecule has 0 amide bonds. The Kier molecular flexibility index (Phi) is 11.9. The summed E-state index contributed by atoms with van der Waals surface area (Å²) in [5.74, 6) is 0.446. The normalized spacial score (nSPS) is 18.3. The lowest BCUT2D eigenvalue weighted by atomic mass is 9.76. The Balaban J connectivity index is 1.54. The maximum Gasteiger partial charge on any atom is 0.335 e. The Bertz CT molecular complexity index is 1580. The first-order valence-electron chi connectivity index (χ1n) is 15.4. The molecule has 0 spiro atoms. The minimum Gasteiger partial charge on any atom is -0.488 e. The van der Waals surface area contributed by atoms with Gasteiger partial charge in [0.1, 0.15) is 6.61 Å². The Labute approximate surface area is 276 Å². The molecule has 2 aromatic carbocycles. The quantitative estimate of drug-likeness (QED) is 0.101. The van der Waals surface area contributed by atoms with Crippen molar-refractivity contribution in [2.24, 2.45) is 15.4 Å². The molecule has 1 aliphatic heterocycles. The van der Waals surface area contributed by atoms with Crippen molar-refractivity contribution >= 4 is 36.3 Å². The molecule has 46 heavy (non-hydrogen) atoms. The van der Waals surface area contributed by atoms with E-state index in [-0.39, 0.29) is 29.2 Å². The van der Waals surface area contributed by atoms with Crippen molar-refractivity contribution < 1.29 is 19.4 Å². The van der Waals surface area contributed by atoms with Crippen molar-refractivity contribution in [3.8, 4) is 17.1 Å². The number of anilines is 1. The molecule has 0 aliphatic carbocycles. The molecule has 2 unspecified atom stereocenters. The van der Waals surface area contributed by atoms with E-state index >= 15 is 0 Å². The van der Waals surface area contributed by atoms with Gasteiger partial charge >= 0.3 is 5.97 Å². The smallest absolute Gasteiger partial charge is 0.335 e. The van der Waals surface area contributed by atoms with E-state index in [1.165, 1.54) is 11.9 Å². The standard InChI is InChI=1S/C35H44N6O4S/c1-22(2)45-27(19-36-7)20-37-18-26-14-15-35(5,6)30(38-26)21-44-31-17-29(32-23(3)10-8-11-24(32)4)39-34(40-31)41-46-28-13-9-12-25(16-28)33(42)43/h8-13,16-20,22,26,30,38H,14-15,21H2,1-7H3,(H,42,43)(H,39,40,41)/b27-20+,36-19?,37-18?. The number of carboxylic acid groups (broad SMARTS) is 1. The molecular formula is C35H44N6O4S. The molecule has 1 aromatic heterocycles. The fourth-order valence-electron chi connectivity index (χ4n) is 5.23. The molecule has 0 radical (unpaired) electrons. The monoisotopic (exact) mass is 644 g/mol. The Morgan fingerprint density at radius 2 is 1.91 bits per heavy atom. The summed E-state index contributed by atoms with van der Waals surface area (Å²) in [4.78, 5) is 30.3. The summed E-state index contributed by atoms with van der Waals surface area (Å²) < 4.78 is 15.4. The molecule has 3 aromatic rings. The number of carbonyl (C=O) groups is 1. The van der Waals surface area contributed by atoms with Gasteiger partial charge in [0, 0.05) is 41.9 Å². The average molecular weight is 645 g/mol. The lowest BCUT2D eigenvalue weighted by Gasteiger charge is -2.42. The number of aromatic carboxylic acids is 1. The van der Waals surface area contributed by atoms with Crippen LogP contribution in [0.4, 0.5) is 5.95 Å². The van der Waals surface area contributed by atoms with Crippen LogP contribution < -0.4 is 14.8 Å². The Morgan fingerprint density at radius 3 is 2.61 bits per heavy atom. The SMILES string of the molecule is CN=C/C(=C\N=CC1CCC(C)(C)C(COc2cc(-c3c(C)cccc3C)nc(NSc3cccc(C(=O)O)c3)n2)N1)OC(C)C. The van der Waals surface area contributed by atoms with Crippen LogP contribution in [0.25, 0.3) is 11.3 Å². The maximum atomic E-state index is 11.4. The number of nitrogens with one attached hydrogen (secondary N) is 2. The minimum atomic E-state index is -0.980. The zero-order valence-electron chi connectivity index (χ0n) is 27.6. The lowest BCUT2D eigenvalue weighted by Crippen LogP contribution is -2.55. The zero-order valence-corrected chi connectivity index (χ0v) is 28.4. The second kappa shape index (κ2) is 15.9. The van der Waals surface area contributed by atoms with Crippen molar-refractivity contribution in [1.29, 1.82) is 0 Å². The average Bonchev–Trinajstić information content (AvgIpc) is 3.00. The van der Waals surface area contributed by atoms with Gasteiger partial charge in [0.05, 0.1) is 29.8 Å². The van der Waals surface area contributed by atoms with Gasteiger partial charge in [-0.25, -0.2) is 9.78 Å². The third-order valence-corrected chi connectivity index (χ3v) is 8.51. The summed E-state index contributed by atoms with van der Waals surface area (Å²) in [6.07, 6.45) is 7.24. The molecular weight excluding hydrogens is 600 g/mol. The summed E-state index contributed by atoms with van der Waals surface area (Å²) in [6.45, 7) is 12.9. The van der Waals surface area contributed by atoms with Crippen molar-refractivity contribution in [1.82, 2.24) is 15.3 Å². The first-order valence-corrected chi connectivity index (χ1v) is 16.2. The molecule has 1 aliphatic rings. The van der Waals surface area contributed by atoms with Crippen LogP contribution in [-0.2, 0) is 4.74 Å². The van der Waals surface area contributed by atoms with E-state index in [2.05, 4.69) is 64.8 Å². The number of piperidine rings is 1. The Morgan fingerprint density at radius 1 is 1.17 bits per heavy atom. The second-order valence-corrected chi connectivity index (χ2v) is 13.1. The molecule has 0 bridgehead atoms. The molecule has 1 fully saturated rings. The van der Waals surface area contributed by atoms with Gasteiger partial charge in [-0.15, -0.1) is 0 Å². The third-order valence-electron chi connectivity index (χ3n) is 7.73. The van der Waals surface area contributed by atoms with Crippen LogP contribution in [0.15, 0.2) is 75.4 Å². The molecule has 2 heterocycles. The number of nitrogens with zero attached hydrogens (tertiary/aromatic N) is 4. The summed E-state index contributed by atoms with van der Waals surface area (Å²) in [6, 6.07) is 14.8. The first-order chi connectivity index (χ1) is 21.9. The van der Waals surface area contributed by atoms with Gasteiger partial charge in [-0.05, 0) is 87.2 Å². The highest BCUT2D eigenvalue weighted by Gasteiger charge is 2.36. The number of aromatic nitrogens is 2. The van der Waals surface area contributed by atoms with Gasteiger partial charge in [0.2, 0.25) is 11.8 Å². The van der Waals surface area contributed by atoms with Crippen molar-refractivity contribution in [3.63, 3.8) is 0 Å². The highest BCUT2D eigenvalue weighted by atomic mass is 32.2. The summed E-state index contributed by atoms with van der Waals surface area (Å²) in [7, 11) is 1.71. The van der Waals surface area contributed by atoms with Gasteiger partial charge in [-0.3, -0.25) is 14.7 Å². The molecule has 0 saturated carbocycles. The highest BCUT2D eigenvalue weighted by molar-refractivity contribution is 8.00. The number of hydrogen-bond donors (Lipinski definition) is 3. The summed E-state index contributed by atoms with van der Waals surface area (Å²) in [5.41, 5.74) is 4.14. The van der Waals surface area contributed by atoms with Crippen LogP contribution in [0.3, 0.4) is 0 Å². The van der Waals surface area contributed by atoms with Crippen molar-refractivity contribution in [3.05, 3.63) is 77.2 Å². The predicted octanol–water partition coefficient (Wildman–Crippen LogP) is 7.14. The first kappa shape index (κ1) is 34.6. The van der Waals surface area contributed by atoms with E-state index in [4.69, 9.17) is 14.5 Å². The van der Waals surface area contributed by atoms with Gasteiger partial charge in [0.25, 0.3) is 0 Å². The van der Waals surface area contributed by atoms with Crippen LogP contribution in [-0.4, -0.2) is 65.3 Å². The van der Waals surface area contributed by atoms with Crippen molar-refractivity contribution in [2.45, 2.75) is 77.5 Å². The number of aliphatic imine (C=N–C) groups is 2. The van der Waals surface area contributed by atoms with E-state index in [1.807, 2.05) is 38.3 Å². The maximum absolute atomic E-state index is 11.4. The summed E-state index contributed by atoms with van der Waals surface area (Å²) >= 11 is 1.25. The number of carboxylic acids is 1. The number of benzene rings is 2. The summed E-state index contributed by atoms with van der Waals surface area (Å²) in [5, 5.41) is 13.1. The molecule has 2 atom stereocenters. The van der Waals surface area contributed by atoms with E-state index < -0.39 is 5.97 Å². The molecule has 3 N–H and O–H groups in total. The largest absolute Gasteiger partial charge is 0.488 e. The van der Waals surface area contributed by atoms with E-state index in [0.717, 1.165) is 40.1 Å². The molecule has 11 heteroatoms. The molecule has 10 nitrogen and oxygen atoms in total. The molecule has 244 valence electrons. The number of aryl methyl sites for hydroxylation is 2. The number of ether oxygens (including phenoxy) is 2. The number of hydrogen-bond acceptors (Lipinski definition) is 10. The zero-order chi connectivity index (χ0) is 33.3. The van der Waals surface area contributed by atoms with E-state index in [9.17, 15) is 9.90 Å². The Hall–Kier alpha value is -4.22. The van der Waals surface area contributed by atoms with Gasteiger partial charge in [-0.1, -0.05) is 38.1 Å². The van der Waals surface area contributed by atoms with Crippen LogP contribution >= 0.6 is 11.9 Å². The number of rotatable bonds is 13. The van der Waals surface area contributed by atoms with E-state index in [0.29, 0.717) is 24.2 Å².